The van der Waals surface area contributed by atoms with Gasteiger partial charge in [-0.25, -0.2) is 4.39 Å². The highest BCUT2D eigenvalue weighted by molar-refractivity contribution is 5.77. The van der Waals surface area contributed by atoms with E-state index in [4.69, 9.17) is 9.26 Å². The number of likely N-dealkylation sites (N-methyl/N-ethyl adjacent to an activating group) is 1. The van der Waals surface area contributed by atoms with Crippen LogP contribution < -0.4 is 4.74 Å². The molecule has 0 fully saturated rings. The minimum absolute atomic E-state index is 0.112. The molecule has 1 aromatic heterocycles. The average Bonchev–Trinajstić information content (AvgIpc) is 2.83. The van der Waals surface area contributed by atoms with Crippen LogP contribution in [0.1, 0.15) is 11.5 Å². The lowest BCUT2D eigenvalue weighted by Gasteiger charge is -2.15. The van der Waals surface area contributed by atoms with Crippen LogP contribution >= 0.6 is 0 Å². The van der Waals surface area contributed by atoms with Crippen molar-refractivity contribution in [3.63, 3.8) is 0 Å². The minimum atomic E-state index is -0.345. The number of aryl methyl sites for hydroxylation is 1. The van der Waals surface area contributed by atoms with Crippen molar-refractivity contribution in [2.45, 2.75) is 13.5 Å². The molecule has 106 valence electrons. The molecule has 0 spiro atoms. The van der Waals surface area contributed by atoms with Gasteiger partial charge in [0.25, 0.3) is 5.91 Å². The van der Waals surface area contributed by atoms with E-state index in [0.717, 1.165) is 0 Å². The quantitative estimate of drug-likeness (QED) is 0.841. The summed E-state index contributed by atoms with van der Waals surface area (Å²) in [5, 5.41) is 3.81. The molecule has 0 bridgehead atoms. The second-order valence-corrected chi connectivity index (χ2v) is 4.42. The van der Waals surface area contributed by atoms with E-state index in [9.17, 15) is 9.18 Å². The maximum Gasteiger partial charge on any atom is 0.260 e. The van der Waals surface area contributed by atoms with Crippen LogP contribution in [0.25, 0.3) is 0 Å². The number of benzene rings is 1. The summed E-state index contributed by atoms with van der Waals surface area (Å²) in [6.07, 6.45) is 0. The molecule has 0 saturated heterocycles. The number of hydrogen-bond acceptors (Lipinski definition) is 4. The molecule has 0 atom stereocenters. The first-order valence-electron chi connectivity index (χ1n) is 6.09. The Labute approximate surface area is 115 Å². The second kappa shape index (κ2) is 6.18. The zero-order chi connectivity index (χ0) is 14.5. The molecule has 1 aromatic carbocycles. The maximum absolute atomic E-state index is 12.7. The van der Waals surface area contributed by atoms with Gasteiger partial charge in [0.15, 0.2) is 6.61 Å². The van der Waals surface area contributed by atoms with Gasteiger partial charge in [-0.1, -0.05) is 5.16 Å². The lowest BCUT2D eigenvalue weighted by atomic mass is 10.3. The molecular formula is C14H15FN2O3. The van der Waals surface area contributed by atoms with Gasteiger partial charge in [0.05, 0.1) is 6.54 Å². The first-order chi connectivity index (χ1) is 9.54. The van der Waals surface area contributed by atoms with Crippen LogP contribution in [0.4, 0.5) is 4.39 Å². The van der Waals surface area contributed by atoms with Crippen LogP contribution in [0.15, 0.2) is 34.9 Å². The van der Waals surface area contributed by atoms with E-state index in [1.165, 1.54) is 29.2 Å². The van der Waals surface area contributed by atoms with E-state index in [1.807, 2.05) is 0 Å². The van der Waals surface area contributed by atoms with Crippen molar-refractivity contribution < 1.29 is 18.4 Å². The summed E-state index contributed by atoms with van der Waals surface area (Å²) in [6.45, 7) is 2.03. The third-order valence-corrected chi connectivity index (χ3v) is 2.68. The van der Waals surface area contributed by atoms with Gasteiger partial charge in [-0.05, 0) is 31.2 Å². The van der Waals surface area contributed by atoms with E-state index < -0.39 is 0 Å². The van der Waals surface area contributed by atoms with Crippen molar-refractivity contribution in [2.75, 3.05) is 13.7 Å². The van der Waals surface area contributed by atoms with E-state index in [0.29, 0.717) is 23.7 Å². The SMILES string of the molecule is Cc1cc(CN(C)C(=O)COc2ccc(F)cc2)no1. The third-order valence-electron chi connectivity index (χ3n) is 2.68. The number of amides is 1. The van der Waals surface area contributed by atoms with Gasteiger partial charge in [-0.2, -0.15) is 0 Å². The standard InChI is InChI=1S/C14H15FN2O3/c1-10-7-12(16-20-10)8-17(2)14(18)9-19-13-5-3-11(15)4-6-13/h3-7H,8-9H2,1-2H3. The predicted octanol–water partition coefficient (Wildman–Crippen LogP) is 2.16. The van der Waals surface area contributed by atoms with Crippen molar-refractivity contribution in [1.82, 2.24) is 10.1 Å². The molecule has 6 heteroatoms. The number of nitrogens with zero attached hydrogens (tertiary/aromatic N) is 2. The summed E-state index contributed by atoms with van der Waals surface area (Å²) in [5.41, 5.74) is 0.681. The summed E-state index contributed by atoms with van der Waals surface area (Å²) in [7, 11) is 1.65. The van der Waals surface area contributed by atoms with Gasteiger partial charge in [0.1, 0.15) is 23.0 Å². The van der Waals surface area contributed by atoms with E-state index in [-0.39, 0.29) is 18.3 Å². The van der Waals surface area contributed by atoms with Gasteiger partial charge in [-0.3, -0.25) is 4.79 Å². The van der Waals surface area contributed by atoms with Gasteiger partial charge in [0, 0.05) is 13.1 Å². The van der Waals surface area contributed by atoms with Gasteiger partial charge in [0.2, 0.25) is 0 Å². The van der Waals surface area contributed by atoms with Crippen molar-refractivity contribution >= 4 is 5.91 Å². The highest BCUT2D eigenvalue weighted by Gasteiger charge is 2.12. The lowest BCUT2D eigenvalue weighted by molar-refractivity contribution is -0.132. The highest BCUT2D eigenvalue weighted by Crippen LogP contribution is 2.11. The summed E-state index contributed by atoms with van der Waals surface area (Å²) < 4.78 is 22.9. The van der Waals surface area contributed by atoms with E-state index in [2.05, 4.69) is 5.16 Å². The molecule has 0 aliphatic rings. The van der Waals surface area contributed by atoms with Crippen LogP contribution in [0, 0.1) is 12.7 Å². The maximum atomic E-state index is 12.7. The molecule has 1 heterocycles. The van der Waals surface area contributed by atoms with E-state index >= 15 is 0 Å². The topological polar surface area (TPSA) is 55.6 Å². The normalized spacial score (nSPS) is 10.3. The van der Waals surface area contributed by atoms with Crippen molar-refractivity contribution in [2.24, 2.45) is 0 Å². The summed E-state index contributed by atoms with van der Waals surface area (Å²) in [4.78, 5) is 13.3. The molecule has 0 aliphatic carbocycles. The summed E-state index contributed by atoms with van der Waals surface area (Å²) >= 11 is 0. The number of rotatable bonds is 5. The van der Waals surface area contributed by atoms with Crippen LogP contribution in [0.5, 0.6) is 5.75 Å². The molecule has 0 N–H and O–H groups in total. The Bertz CT molecular complexity index is 580. The molecule has 0 unspecified atom stereocenters. The Morgan fingerprint density at radius 3 is 2.70 bits per heavy atom. The van der Waals surface area contributed by atoms with Crippen LogP contribution in [0.3, 0.4) is 0 Å². The first-order valence-corrected chi connectivity index (χ1v) is 6.09. The molecule has 2 rings (SSSR count). The zero-order valence-electron chi connectivity index (χ0n) is 11.3. The molecule has 0 saturated carbocycles. The van der Waals surface area contributed by atoms with Gasteiger partial charge >= 0.3 is 0 Å². The molecule has 2 aromatic rings. The summed E-state index contributed by atoms with van der Waals surface area (Å²) in [5.74, 6) is 0.603. The third kappa shape index (κ3) is 3.81. The Balaban J connectivity index is 1.83. The van der Waals surface area contributed by atoms with Gasteiger partial charge < -0.3 is 14.2 Å². The molecule has 0 aliphatic heterocycles. The Morgan fingerprint density at radius 1 is 1.40 bits per heavy atom. The molecule has 5 nitrogen and oxygen atoms in total. The summed E-state index contributed by atoms with van der Waals surface area (Å²) in [6, 6.07) is 7.28. The van der Waals surface area contributed by atoms with Crippen LogP contribution in [-0.4, -0.2) is 29.6 Å². The molecule has 20 heavy (non-hydrogen) atoms. The first kappa shape index (κ1) is 14.0. The lowest BCUT2D eigenvalue weighted by Crippen LogP contribution is -2.31. The molecule has 1 amide bonds. The zero-order valence-corrected chi connectivity index (χ0v) is 11.3. The number of aromatic nitrogens is 1. The van der Waals surface area contributed by atoms with Crippen molar-refractivity contribution in [3.05, 3.63) is 47.6 Å². The number of carbonyl (C=O) groups is 1. The van der Waals surface area contributed by atoms with E-state index in [1.54, 1.807) is 20.0 Å². The van der Waals surface area contributed by atoms with Crippen molar-refractivity contribution in [3.8, 4) is 5.75 Å². The second-order valence-electron chi connectivity index (χ2n) is 4.42. The largest absolute Gasteiger partial charge is 0.484 e. The number of hydrogen-bond donors (Lipinski definition) is 0. The fraction of sp³-hybridized carbons (Fsp3) is 0.286. The monoisotopic (exact) mass is 278 g/mol. The van der Waals surface area contributed by atoms with Gasteiger partial charge in [-0.15, -0.1) is 0 Å². The fourth-order valence-electron chi connectivity index (χ4n) is 1.61. The Morgan fingerprint density at radius 2 is 2.10 bits per heavy atom. The number of ether oxygens (including phenoxy) is 1. The average molecular weight is 278 g/mol. The predicted molar refractivity (Wildman–Crippen MR) is 69.6 cm³/mol. The number of halogens is 1. The smallest absolute Gasteiger partial charge is 0.260 e. The fourth-order valence-corrected chi connectivity index (χ4v) is 1.61. The van der Waals surface area contributed by atoms with Crippen molar-refractivity contribution in [1.29, 1.82) is 0 Å². The Kier molecular flexibility index (Phi) is 4.34. The minimum Gasteiger partial charge on any atom is -0.484 e. The number of carbonyl (C=O) groups excluding carboxylic acids is 1. The Hall–Kier alpha value is -2.37. The van der Waals surface area contributed by atoms with Crippen LogP contribution in [-0.2, 0) is 11.3 Å². The molecular weight excluding hydrogens is 263 g/mol. The highest BCUT2D eigenvalue weighted by atomic mass is 19.1. The van der Waals surface area contributed by atoms with Crippen LogP contribution in [0.2, 0.25) is 0 Å². The molecule has 0 radical (unpaired) electrons.